The van der Waals surface area contributed by atoms with E-state index >= 15 is 0 Å². The second-order valence-electron chi connectivity index (χ2n) is 11.2. The van der Waals surface area contributed by atoms with E-state index in [-0.39, 0.29) is 5.91 Å². The number of methoxy groups -OCH3 is 1. The average Bonchev–Trinajstić information content (AvgIpc) is 3.25. The molecular formula is C31H36N4O4. The standard InChI is InChI=1S/C31H36N4O4/c1-19-25-18-21(14-15-26(25)35-34-19)20-10-8-12-23(16-20)28(36)32-27(22-11-9-13-24(17-22)38-7)31(5,6)33-29(37)39-30(2,3)4/h8-18,27H,1-7H3,(H,32,36)(H,33,37)(H,34,35). The Balaban J connectivity index is 1.65. The van der Waals surface area contributed by atoms with Crippen molar-refractivity contribution in [2.24, 2.45) is 0 Å². The van der Waals surface area contributed by atoms with Crippen LogP contribution in [-0.2, 0) is 4.74 Å². The predicted molar refractivity (Wildman–Crippen MR) is 153 cm³/mol. The molecule has 4 aromatic rings. The van der Waals surface area contributed by atoms with Crippen LogP contribution in [0.2, 0.25) is 0 Å². The number of alkyl carbamates (subject to hydrolysis) is 1. The zero-order valence-electron chi connectivity index (χ0n) is 23.5. The largest absolute Gasteiger partial charge is 0.497 e. The van der Waals surface area contributed by atoms with Gasteiger partial charge in [-0.3, -0.25) is 9.89 Å². The molecule has 4 rings (SSSR count). The molecule has 1 atom stereocenters. The number of ether oxygens (including phenoxy) is 2. The molecule has 1 aromatic heterocycles. The molecule has 8 nitrogen and oxygen atoms in total. The number of aryl methyl sites for hydroxylation is 1. The van der Waals surface area contributed by atoms with Gasteiger partial charge in [0.15, 0.2) is 0 Å². The van der Waals surface area contributed by atoms with E-state index in [0.29, 0.717) is 11.3 Å². The first-order valence-corrected chi connectivity index (χ1v) is 12.9. The Hall–Kier alpha value is -4.33. The lowest BCUT2D eigenvalue weighted by Crippen LogP contribution is -2.54. The number of benzene rings is 3. The molecule has 0 spiro atoms. The van der Waals surface area contributed by atoms with Gasteiger partial charge in [0.1, 0.15) is 11.4 Å². The molecule has 0 aliphatic carbocycles. The molecule has 1 unspecified atom stereocenters. The lowest BCUT2D eigenvalue weighted by Gasteiger charge is -2.36. The van der Waals surface area contributed by atoms with Gasteiger partial charge in [-0.25, -0.2) is 4.79 Å². The molecule has 0 aliphatic heterocycles. The van der Waals surface area contributed by atoms with Crippen LogP contribution in [0.1, 0.15) is 62.3 Å². The van der Waals surface area contributed by atoms with E-state index in [0.717, 1.165) is 33.3 Å². The van der Waals surface area contributed by atoms with E-state index in [1.54, 1.807) is 33.9 Å². The number of amides is 2. The first kappa shape index (κ1) is 27.7. The maximum atomic E-state index is 13.7. The second kappa shape index (κ2) is 10.8. The highest BCUT2D eigenvalue weighted by Gasteiger charge is 2.35. The number of nitrogens with one attached hydrogen (secondary N) is 3. The van der Waals surface area contributed by atoms with Crippen LogP contribution in [0.4, 0.5) is 4.79 Å². The molecule has 3 aromatic carbocycles. The van der Waals surface area contributed by atoms with Crippen molar-refractivity contribution in [3.8, 4) is 16.9 Å². The van der Waals surface area contributed by atoms with Crippen molar-refractivity contribution < 1.29 is 19.1 Å². The average molecular weight is 529 g/mol. The van der Waals surface area contributed by atoms with E-state index < -0.39 is 23.3 Å². The summed E-state index contributed by atoms with van der Waals surface area (Å²) in [6.45, 7) is 11.1. The number of aromatic amines is 1. The maximum absolute atomic E-state index is 13.7. The van der Waals surface area contributed by atoms with Gasteiger partial charge in [0, 0.05) is 10.9 Å². The monoisotopic (exact) mass is 528 g/mol. The molecule has 8 heteroatoms. The number of rotatable bonds is 7. The van der Waals surface area contributed by atoms with Crippen molar-refractivity contribution in [3.63, 3.8) is 0 Å². The Labute approximate surface area is 229 Å². The van der Waals surface area contributed by atoms with Gasteiger partial charge < -0.3 is 20.1 Å². The minimum Gasteiger partial charge on any atom is -0.497 e. The topological polar surface area (TPSA) is 105 Å². The molecule has 3 N–H and O–H groups in total. The lowest BCUT2D eigenvalue weighted by molar-refractivity contribution is 0.0444. The zero-order valence-corrected chi connectivity index (χ0v) is 23.5. The van der Waals surface area contributed by atoms with Gasteiger partial charge in [-0.15, -0.1) is 0 Å². The molecule has 1 heterocycles. The van der Waals surface area contributed by atoms with E-state index in [9.17, 15) is 9.59 Å². The van der Waals surface area contributed by atoms with Gasteiger partial charge in [0.2, 0.25) is 0 Å². The van der Waals surface area contributed by atoms with Crippen LogP contribution in [0, 0.1) is 6.92 Å². The van der Waals surface area contributed by atoms with Crippen LogP contribution in [0.3, 0.4) is 0 Å². The van der Waals surface area contributed by atoms with Crippen LogP contribution in [0.15, 0.2) is 66.7 Å². The summed E-state index contributed by atoms with van der Waals surface area (Å²) in [5, 5.41) is 14.4. The Kier molecular flexibility index (Phi) is 7.67. The summed E-state index contributed by atoms with van der Waals surface area (Å²) in [7, 11) is 1.59. The Morgan fingerprint density at radius 2 is 1.64 bits per heavy atom. The number of fused-ring (bicyclic) bond motifs is 1. The van der Waals surface area contributed by atoms with Crippen LogP contribution < -0.4 is 15.4 Å². The van der Waals surface area contributed by atoms with Gasteiger partial charge >= 0.3 is 6.09 Å². The highest BCUT2D eigenvalue weighted by Crippen LogP contribution is 2.30. The molecule has 0 aliphatic rings. The minimum absolute atomic E-state index is 0.274. The molecule has 0 saturated carbocycles. The van der Waals surface area contributed by atoms with Crippen molar-refractivity contribution >= 4 is 22.9 Å². The zero-order chi connectivity index (χ0) is 28.4. The fourth-order valence-corrected chi connectivity index (χ4v) is 4.52. The summed E-state index contributed by atoms with van der Waals surface area (Å²) < 4.78 is 10.9. The molecule has 0 saturated heterocycles. The summed E-state index contributed by atoms with van der Waals surface area (Å²) in [6, 6.07) is 20.4. The number of aromatic nitrogens is 2. The van der Waals surface area contributed by atoms with Crippen LogP contribution in [0.25, 0.3) is 22.0 Å². The SMILES string of the molecule is COc1cccc(C(NC(=O)c2cccc(-c3ccc4[nH]nc(C)c4c3)c2)C(C)(C)NC(=O)OC(C)(C)C)c1. The number of hydrogen-bond donors (Lipinski definition) is 3. The summed E-state index contributed by atoms with van der Waals surface area (Å²) in [6.07, 6.45) is -0.568. The van der Waals surface area contributed by atoms with Crippen LogP contribution in [0.5, 0.6) is 5.75 Å². The second-order valence-corrected chi connectivity index (χ2v) is 11.2. The molecule has 2 amide bonds. The van der Waals surface area contributed by atoms with Crippen molar-refractivity contribution in [1.29, 1.82) is 0 Å². The highest BCUT2D eigenvalue weighted by molar-refractivity contribution is 5.96. The Morgan fingerprint density at radius 1 is 0.923 bits per heavy atom. The summed E-state index contributed by atoms with van der Waals surface area (Å²) >= 11 is 0. The minimum atomic E-state index is -0.911. The smallest absolute Gasteiger partial charge is 0.408 e. The van der Waals surface area contributed by atoms with Crippen molar-refractivity contribution in [2.75, 3.05) is 7.11 Å². The molecule has 0 bridgehead atoms. The van der Waals surface area contributed by atoms with E-state index in [1.165, 1.54) is 0 Å². The third-order valence-electron chi connectivity index (χ3n) is 6.46. The molecule has 39 heavy (non-hydrogen) atoms. The van der Waals surface area contributed by atoms with E-state index in [1.807, 2.05) is 75.4 Å². The van der Waals surface area contributed by atoms with Crippen molar-refractivity contribution in [1.82, 2.24) is 20.8 Å². The fourth-order valence-electron chi connectivity index (χ4n) is 4.52. The predicted octanol–water partition coefficient (Wildman–Crippen LogP) is 6.32. The van der Waals surface area contributed by atoms with Crippen LogP contribution in [-0.4, -0.2) is 40.4 Å². The number of carbonyl (C=O) groups excluding carboxylic acids is 2. The van der Waals surface area contributed by atoms with E-state index in [4.69, 9.17) is 9.47 Å². The van der Waals surface area contributed by atoms with Crippen LogP contribution >= 0.6 is 0 Å². The van der Waals surface area contributed by atoms with Gasteiger partial charge in [-0.05, 0) is 94.6 Å². The van der Waals surface area contributed by atoms with Crippen molar-refractivity contribution in [2.45, 2.75) is 58.7 Å². The summed E-state index contributed by atoms with van der Waals surface area (Å²) in [5.41, 5.74) is 3.48. The number of hydrogen-bond acceptors (Lipinski definition) is 5. The Bertz CT molecular complexity index is 1500. The first-order chi connectivity index (χ1) is 18.4. The number of nitrogens with zero attached hydrogens (tertiary/aromatic N) is 1. The fraction of sp³-hybridized carbons (Fsp3) is 0.323. The van der Waals surface area contributed by atoms with Gasteiger partial charge in [-0.2, -0.15) is 5.10 Å². The first-order valence-electron chi connectivity index (χ1n) is 12.9. The van der Waals surface area contributed by atoms with Gasteiger partial charge in [0.25, 0.3) is 5.91 Å². The van der Waals surface area contributed by atoms with Gasteiger partial charge in [0.05, 0.1) is 29.9 Å². The quantitative estimate of drug-likeness (QED) is 0.260. The number of carbonyl (C=O) groups is 2. The third-order valence-corrected chi connectivity index (χ3v) is 6.46. The molecule has 204 valence electrons. The normalized spacial score (nSPS) is 12.6. The molecule has 0 fully saturated rings. The van der Waals surface area contributed by atoms with E-state index in [2.05, 4.69) is 26.9 Å². The highest BCUT2D eigenvalue weighted by atomic mass is 16.6. The molecular weight excluding hydrogens is 492 g/mol. The maximum Gasteiger partial charge on any atom is 0.408 e. The molecule has 0 radical (unpaired) electrons. The third kappa shape index (κ3) is 6.57. The lowest BCUT2D eigenvalue weighted by atomic mass is 9.88. The number of H-pyrrole nitrogens is 1. The van der Waals surface area contributed by atoms with Gasteiger partial charge in [-0.1, -0.05) is 30.3 Å². The summed E-state index contributed by atoms with van der Waals surface area (Å²) in [5.74, 6) is 0.371. The summed E-state index contributed by atoms with van der Waals surface area (Å²) in [4.78, 5) is 26.4. The Morgan fingerprint density at radius 3 is 2.36 bits per heavy atom. The van der Waals surface area contributed by atoms with Crippen molar-refractivity contribution in [3.05, 3.63) is 83.6 Å².